The quantitative estimate of drug-likeness (QED) is 0.749. The maximum Gasteiger partial charge on any atom is 0.119 e. The number of nitrogens with one attached hydrogen (secondary N) is 1. The van der Waals surface area contributed by atoms with Crippen molar-refractivity contribution in [3.63, 3.8) is 0 Å². The number of hydrogen-bond acceptors (Lipinski definition) is 5. The molecule has 1 aliphatic rings. The van der Waals surface area contributed by atoms with Gasteiger partial charge in [0.1, 0.15) is 18.1 Å². The van der Waals surface area contributed by atoms with Crippen LogP contribution in [0.3, 0.4) is 0 Å². The lowest BCUT2D eigenvalue weighted by atomic mass is 10.3. The van der Waals surface area contributed by atoms with Crippen molar-refractivity contribution >= 4 is 0 Å². The fourth-order valence-corrected chi connectivity index (χ4v) is 1.83. The molecule has 1 saturated heterocycles. The molecule has 0 radical (unpaired) electrons. The second kappa shape index (κ2) is 7.99. The van der Waals surface area contributed by atoms with Gasteiger partial charge < -0.3 is 24.3 Å². The highest BCUT2D eigenvalue weighted by Crippen LogP contribution is 2.16. The minimum Gasteiger partial charge on any atom is -0.497 e. The fourth-order valence-electron chi connectivity index (χ4n) is 1.83. The van der Waals surface area contributed by atoms with Crippen molar-refractivity contribution < 1.29 is 18.9 Å². The van der Waals surface area contributed by atoms with Crippen LogP contribution in [0.5, 0.6) is 11.5 Å². The molecule has 0 aromatic heterocycles. The van der Waals surface area contributed by atoms with Gasteiger partial charge in [0.25, 0.3) is 0 Å². The number of benzene rings is 1. The summed E-state index contributed by atoms with van der Waals surface area (Å²) >= 11 is 0. The van der Waals surface area contributed by atoms with Gasteiger partial charge in [-0.3, -0.25) is 0 Å². The Hall–Kier alpha value is -1.30. The molecule has 1 atom stereocenters. The molecule has 1 aliphatic heterocycles. The lowest BCUT2D eigenvalue weighted by molar-refractivity contribution is -0.0864. The van der Waals surface area contributed by atoms with Crippen molar-refractivity contribution in [3.05, 3.63) is 24.3 Å². The summed E-state index contributed by atoms with van der Waals surface area (Å²) in [6.45, 7) is 4.27. The van der Waals surface area contributed by atoms with Crippen LogP contribution in [0.25, 0.3) is 0 Å². The maximum atomic E-state index is 5.60. The van der Waals surface area contributed by atoms with E-state index in [1.54, 1.807) is 7.11 Å². The predicted octanol–water partition coefficient (Wildman–Crippen LogP) is 1.08. The minimum atomic E-state index is 0.162. The van der Waals surface area contributed by atoms with E-state index in [4.69, 9.17) is 18.9 Å². The molecular weight excluding hydrogens is 246 g/mol. The maximum absolute atomic E-state index is 5.60. The summed E-state index contributed by atoms with van der Waals surface area (Å²) in [6, 6.07) is 7.57. The van der Waals surface area contributed by atoms with Gasteiger partial charge in [0.2, 0.25) is 0 Å². The highest BCUT2D eigenvalue weighted by Gasteiger charge is 2.12. The van der Waals surface area contributed by atoms with Crippen LogP contribution in [0.1, 0.15) is 0 Å². The first-order valence-corrected chi connectivity index (χ1v) is 6.55. The zero-order chi connectivity index (χ0) is 13.3. The number of rotatable bonds is 7. The lowest BCUT2D eigenvalue weighted by Crippen LogP contribution is -2.38. The monoisotopic (exact) mass is 267 g/mol. The van der Waals surface area contributed by atoms with Gasteiger partial charge in [0, 0.05) is 13.1 Å². The second-order valence-electron chi connectivity index (χ2n) is 4.30. The molecule has 0 saturated carbocycles. The Balaban J connectivity index is 1.55. The fraction of sp³-hybridized carbons (Fsp3) is 0.571. The zero-order valence-corrected chi connectivity index (χ0v) is 11.3. The van der Waals surface area contributed by atoms with Gasteiger partial charge in [-0.1, -0.05) is 0 Å². The van der Waals surface area contributed by atoms with Crippen LogP contribution in [0.2, 0.25) is 0 Å². The molecule has 1 aromatic rings. The molecule has 2 rings (SSSR count). The molecule has 1 aromatic carbocycles. The molecular formula is C14H21NO4. The number of methoxy groups -OCH3 is 1. The van der Waals surface area contributed by atoms with Crippen LogP contribution >= 0.6 is 0 Å². The Bertz CT molecular complexity index is 349. The van der Waals surface area contributed by atoms with Crippen molar-refractivity contribution in [2.75, 3.05) is 46.6 Å². The summed E-state index contributed by atoms with van der Waals surface area (Å²) in [5, 5.41) is 3.29. The van der Waals surface area contributed by atoms with E-state index in [0.29, 0.717) is 26.4 Å². The van der Waals surface area contributed by atoms with E-state index < -0.39 is 0 Å². The summed E-state index contributed by atoms with van der Waals surface area (Å²) in [6.07, 6.45) is 0.162. The highest BCUT2D eigenvalue weighted by atomic mass is 16.6. The zero-order valence-electron chi connectivity index (χ0n) is 11.3. The van der Waals surface area contributed by atoms with Crippen molar-refractivity contribution in [2.24, 2.45) is 0 Å². The van der Waals surface area contributed by atoms with Gasteiger partial charge in [-0.05, 0) is 24.3 Å². The van der Waals surface area contributed by atoms with Crippen LogP contribution in [0, 0.1) is 0 Å². The number of ether oxygens (including phenoxy) is 4. The Morgan fingerprint density at radius 1 is 1.21 bits per heavy atom. The summed E-state index contributed by atoms with van der Waals surface area (Å²) in [4.78, 5) is 0. The number of hydrogen-bond donors (Lipinski definition) is 1. The third-order valence-electron chi connectivity index (χ3n) is 2.86. The van der Waals surface area contributed by atoms with Gasteiger partial charge in [0.15, 0.2) is 0 Å². The first-order valence-electron chi connectivity index (χ1n) is 6.55. The van der Waals surface area contributed by atoms with E-state index in [-0.39, 0.29) is 6.10 Å². The van der Waals surface area contributed by atoms with Crippen LogP contribution in [0.4, 0.5) is 0 Å². The first kappa shape index (κ1) is 14.1. The standard InChI is InChI=1S/C14H21NO4/c1-16-12-2-4-13(5-3-12)18-7-6-15-10-14-11-17-8-9-19-14/h2-5,14-15H,6-11H2,1H3. The van der Waals surface area contributed by atoms with E-state index >= 15 is 0 Å². The molecule has 1 unspecified atom stereocenters. The average molecular weight is 267 g/mol. The van der Waals surface area contributed by atoms with Crippen molar-refractivity contribution in [1.29, 1.82) is 0 Å². The summed E-state index contributed by atoms with van der Waals surface area (Å²) in [5.41, 5.74) is 0. The average Bonchev–Trinajstić information content (AvgIpc) is 2.49. The van der Waals surface area contributed by atoms with E-state index in [0.717, 1.165) is 24.6 Å². The van der Waals surface area contributed by atoms with E-state index in [1.807, 2.05) is 24.3 Å². The third-order valence-corrected chi connectivity index (χ3v) is 2.86. The summed E-state index contributed by atoms with van der Waals surface area (Å²) in [5.74, 6) is 1.68. The van der Waals surface area contributed by atoms with Gasteiger partial charge in [-0.25, -0.2) is 0 Å². The topological polar surface area (TPSA) is 49.0 Å². The van der Waals surface area contributed by atoms with Crippen molar-refractivity contribution in [1.82, 2.24) is 5.32 Å². The van der Waals surface area contributed by atoms with E-state index in [9.17, 15) is 0 Å². The van der Waals surface area contributed by atoms with Crippen molar-refractivity contribution in [2.45, 2.75) is 6.10 Å². The largest absolute Gasteiger partial charge is 0.497 e. The summed E-state index contributed by atoms with van der Waals surface area (Å²) < 4.78 is 21.5. The van der Waals surface area contributed by atoms with Crippen LogP contribution in [0.15, 0.2) is 24.3 Å². The van der Waals surface area contributed by atoms with Gasteiger partial charge >= 0.3 is 0 Å². The van der Waals surface area contributed by atoms with E-state index in [2.05, 4.69) is 5.32 Å². The molecule has 0 spiro atoms. The van der Waals surface area contributed by atoms with Gasteiger partial charge in [-0.15, -0.1) is 0 Å². The predicted molar refractivity (Wildman–Crippen MR) is 71.9 cm³/mol. The molecule has 5 heteroatoms. The molecule has 0 aliphatic carbocycles. The molecule has 106 valence electrons. The first-order chi connectivity index (χ1) is 9.38. The van der Waals surface area contributed by atoms with Crippen LogP contribution in [-0.2, 0) is 9.47 Å². The molecule has 1 fully saturated rings. The molecule has 5 nitrogen and oxygen atoms in total. The Kier molecular flexibility index (Phi) is 5.94. The Labute approximate surface area is 113 Å². The van der Waals surface area contributed by atoms with Crippen molar-refractivity contribution in [3.8, 4) is 11.5 Å². The molecule has 0 amide bonds. The smallest absolute Gasteiger partial charge is 0.119 e. The lowest BCUT2D eigenvalue weighted by Gasteiger charge is -2.23. The Morgan fingerprint density at radius 3 is 2.68 bits per heavy atom. The van der Waals surface area contributed by atoms with Gasteiger partial charge in [0.05, 0.1) is 33.0 Å². The van der Waals surface area contributed by atoms with Gasteiger partial charge in [-0.2, -0.15) is 0 Å². The van der Waals surface area contributed by atoms with Crippen LogP contribution in [-0.4, -0.2) is 52.7 Å². The Morgan fingerprint density at radius 2 is 2.00 bits per heavy atom. The molecule has 1 heterocycles. The minimum absolute atomic E-state index is 0.162. The normalized spacial score (nSPS) is 19.1. The highest BCUT2D eigenvalue weighted by molar-refractivity contribution is 5.31. The van der Waals surface area contributed by atoms with E-state index in [1.165, 1.54) is 0 Å². The second-order valence-corrected chi connectivity index (χ2v) is 4.30. The molecule has 0 bridgehead atoms. The third kappa shape index (κ3) is 5.06. The van der Waals surface area contributed by atoms with Crippen LogP contribution < -0.4 is 14.8 Å². The summed E-state index contributed by atoms with van der Waals surface area (Å²) in [7, 11) is 1.65. The SMILES string of the molecule is COc1ccc(OCCNCC2COCCO2)cc1. The molecule has 19 heavy (non-hydrogen) atoms. The molecule has 1 N–H and O–H groups in total.